The zero-order valence-corrected chi connectivity index (χ0v) is 13.3. The fourth-order valence-corrected chi connectivity index (χ4v) is 2.57. The van der Waals surface area contributed by atoms with Crippen molar-refractivity contribution in [2.24, 2.45) is 5.73 Å². The van der Waals surface area contributed by atoms with E-state index in [-0.39, 0.29) is 28.9 Å². The zero-order valence-electron chi connectivity index (χ0n) is 13.3. The summed E-state index contributed by atoms with van der Waals surface area (Å²) in [5.74, 6) is 0.167. The summed E-state index contributed by atoms with van der Waals surface area (Å²) in [6.07, 6.45) is 1.38. The highest BCUT2D eigenvalue weighted by atomic mass is 16.6. The number of benzene rings is 1. The molecule has 23 heavy (non-hydrogen) atoms. The van der Waals surface area contributed by atoms with Crippen LogP contribution in [0.2, 0.25) is 0 Å². The van der Waals surface area contributed by atoms with Gasteiger partial charge in [-0.25, -0.2) is 0 Å². The molecule has 1 aliphatic heterocycles. The van der Waals surface area contributed by atoms with Crippen LogP contribution in [0.1, 0.15) is 30.1 Å². The van der Waals surface area contributed by atoms with Crippen molar-refractivity contribution in [3.8, 4) is 11.5 Å². The Morgan fingerprint density at radius 1 is 1.39 bits per heavy atom. The van der Waals surface area contributed by atoms with Gasteiger partial charge in [-0.2, -0.15) is 0 Å². The number of nitro groups is 1. The first-order valence-electron chi connectivity index (χ1n) is 7.52. The third kappa shape index (κ3) is 3.70. The summed E-state index contributed by atoms with van der Waals surface area (Å²) < 4.78 is 10.5. The Balaban J connectivity index is 2.40. The van der Waals surface area contributed by atoms with Gasteiger partial charge in [-0.1, -0.05) is 0 Å². The third-order valence-electron chi connectivity index (χ3n) is 3.84. The van der Waals surface area contributed by atoms with Gasteiger partial charge in [0, 0.05) is 25.2 Å². The van der Waals surface area contributed by atoms with Crippen molar-refractivity contribution in [1.82, 2.24) is 4.90 Å². The number of nitrogens with zero attached hydrogens (tertiary/aromatic N) is 2. The van der Waals surface area contributed by atoms with Gasteiger partial charge in [0.2, 0.25) is 0 Å². The molecule has 2 rings (SSSR count). The van der Waals surface area contributed by atoms with Crippen molar-refractivity contribution < 1.29 is 19.2 Å². The number of carbonyl (C=O) groups excluding carboxylic acids is 1. The van der Waals surface area contributed by atoms with Crippen molar-refractivity contribution in [2.75, 3.05) is 26.8 Å². The van der Waals surface area contributed by atoms with E-state index in [1.54, 1.807) is 11.8 Å². The lowest BCUT2D eigenvalue weighted by Crippen LogP contribution is -2.43. The standard InChI is InChI=1S/C15H21N3O5/c1-3-23-14-8-11(12(18(20)21)9-13(14)22-2)15(19)17-6-4-10(16)5-7-17/h8-10H,3-7,16H2,1-2H3. The first-order valence-corrected chi connectivity index (χ1v) is 7.52. The van der Waals surface area contributed by atoms with Crippen LogP contribution in [0, 0.1) is 10.1 Å². The quantitative estimate of drug-likeness (QED) is 0.651. The summed E-state index contributed by atoms with van der Waals surface area (Å²) in [4.78, 5) is 25.0. The number of piperidine rings is 1. The highest BCUT2D eigenvalue weighted by molar-refractivity contribution is 5.99. The lowest BCUT2D eigenvalue weighted by molar-refractivity contribution is -0.385. The van der Waals surface area contributed by atoms with Gasteiger partial charge < -0.3 is 20.1 Å². The second-order valence-electron chi connectivity index (χ2n) is 5.34. The van der Waals surface area contributed by atoms with Crippen LogP contribution in [0.15, 0.2) is 12.1 Å². The number of nitro benzene ring substituents is 1. The molecule has 0 bridgehead atoms. The van der Waals surface area contributed by atoms with Crippen molar-refractivity contribution in [1.29, 1.82) is 0 Å². The summed E-state index contributed by atoms with van der Waals surface area (Å²) in [5.41, 5.74) is 5.55. The first-order chi connectivity index (χ1) is 11.0. The molecule has 8 nitrogen and oxygen atoms in total. The molecule has 126 valence electrons. The lowest BCUT2D eigenvalue weighted by atomic mass is 10.0. The number of hydrogen-bond acceptors (Lipinski definition) is 6. The predicted octanol–water partition coefficient (Wildman–Crippen LogP) is 1.57. The fourth-order valence-electron chi connectivity index (χ4n) is 2.57. The molecule has 0 aromatic heterocycles. The van der Waals surface area contributed by atoms with Crippen molar-refractivity contribution >= 4 is 11.6 Å². The molecule has 0 atom stereocenters. The molecule has 2 N–H and O–H groups in total. The van der Waals surface area contributed by atoms with Crippen LogP contribution in [0.5, 0.6) is 11.5 Å². The van der Waals surface area contributed by atoms with Gasteiger partial charge in [0.25, 0.3) is 11.6 Å². The maximum Gasteiger partial charge on any atom is 0.286 e. The molecule has 0 spiro atoms. The Hall–Kier alpha value is -2.35. The summed E-state index contributed by atoms with van der Waals surface area (Å²) in [7, 11) is 1.40. The second kappa shape index (κ2) is 7.28. The normalized spacial score (nSPS) is 15.3. The number of ether oxygens (including phenoxy) is 2. The molecule has 1 fully saturated rings. The second-order valence-corrected chi connectivity index (χ2v) is 5.34. The molecule has 0 aliphatic carbocycles. The summed E-state index contributed by atoms with van der Waals surface area (Å²) in [5, 5.41) is 11.3. The van der Waals surface area contributed by atoms with Crippen molar-refractivity contribution in [2.45, 2.75) is 25.8 Å². The predicted molar refractivity (Wildman–Crippen MR) is 83.9 cm³/mol. The number of methoxy groups -OCH3 is 1. The topological polar surface area (TPSA) is 108 Å². The van der Waals surface area contributed by atoms with E-state index in [4.69, 9.17) is 15.2 Å². The monoisotopic (exact) mass is 323 g/mol. The van der Waals surface area contributed by atoms with E-state index in [9.17, 15) is 14.9 Å². The van der Waals surface area contributed by atoms with Gasteiger partial charge in [0.05, 0.1) is 24.7 Å². The Morgan fingerprint density at radius 2 is 2.04 bits per heavy atom. The number of carbonyl (C=O) groups is 1. The maximum absolute atomic E-state index is 12.7. The van der Waals surface area contributed by atoms with Gasteiger partial charge in [-0.15, -0.1) is 0 Å². The number of nitrogens with two attached hydrogens (primary N) is 1. The van der Waals surface area contributed by atoms with Gasteiger partial charge in [0.15, 0.2) is 11.5 Å². The van der Waals surface area contributed by atoms with Gasteiger partial charge in [-0.05, 0) is 19.8 Å². The molecule has 1 heterocycles. The van der Waals surface area contributed by atoms with Crippen LogP contribution in [-0.2, 0) is 0 Å². The summed E-state index contributed by atoms with van der Waals surface area (Å²) in [6.45, 7) is 3.13. The molecule has 1 aromatic rings. The van der Waals surface area contributed by atoms with Crippen LogP contribution in [-0.4, -0.2) is 48.6 Å². The molecule has 1 aliphatic rings. The molecule has 0 radical (unpaired) electrons. The van der Waals surface area contributed by atoms with Crippen LogP contribution in [0.3, 0.4) is 0 Å². The van der Waals surface area contributed by atoms with Crippen molar-refractivity contribution in [3.05, 3.63) is 27.8 Å². The van der Waals surface area contributed by atoms with E-state index >= 15 is 0 Å². The Bertz CT molecular complexity index is 597. The number of amides is 1. The van der Waals surface area contributed by atoms with Crippen LogP contribution < -0.4 is 15.2 Å². The summed E-state index contributed by atoms with van der Waals surface area (Å²) >= 11 is 0. The minimum Gasteiger partial charge on any atom is -0.493 e. The minimum absolute atomic E-state index is 0.00900. The highest BCUT2D eigenvalue weighted by Crippen LogP contribution is 2.35. The Kier molecular flexibility index (Phi) is 5.38. The van der Waals surface area contributed by atoms with Gasteiger partial charge >= 0.3 is 0 Å². The zero-order chi connectivity index (χ0) is 17.0. The van der Waals surface area contributed by atoms with E-state index in [2.05, 4.69) is 0 Å². The molecule has 0 saturated carbocycles. The van der Waals surface area contributed by atoms with E-state index in [0.29, 0.717) is 38.3 Å². The largest absolute Gasteiger partial charge is 0.493 e. The molecule has 8 heteroatoms. The maximum atomic E-state index is 12.7. The smallest absolute Gasteiger partial charge is 0.286 e. The highest BCUT2D eigenvalue weighted by Gasteiger charge is 2.29. The van der Waals surface area contributed by atoms with Gasteiger partial charge in [0.1, 0.15) is 5.56 Å². The lowest BCUT2D eigenvalue weighted by Gasteiger charge is -2.30. The van der Waals surface area contributed by atoms with Gasteiger partial charge in [-0.3, -0.25) is 14.9 Å². The van der Waals surface area contributed by atoms with Crippen LogP contribution >= 0.6 is 0 Å². The molecule has 1 saturated heterocycles. The fraction of sp³-hybridized carbons (Fsp3) is 0.533. The third-order valence-corrected chi connectivity index (χ3v) is 3.84. The Labute approximate surface area is 134 Å². The average Bonchev–Trinajstić information content (AvgIpc) is 2.54. The van der Waals surface area contributed by atoms with E-state index in [1.807, 2.05) is 0 Å². The van der Waals surface area contributed by atoms with E-state index in [0.717, 1.165) is 0 Å². The van der Waals surface area contributed by atoms with Crippen molar-refractivity contribution in [3.63, 3.8) is 0 Å². The Morgan fingerprint density at radius 3 is 2.57 bits per heavy atom. The minimum atomic E-state index is -0.582. The van der Waals surface area contributed by atoms with Crippen LogP contribution in [0.25, 0.3) is 0 Å². The number of rotatable bonds is 5. The van der Waals surface area contributed by atoms with Crippen LogP contribution in [0.4, 0.5) is 5.69 Å². The van der Waals surface area contributed by atoms with E-state index in [1.165, 1.54) is 19.2 Å². The van der Waals surface area contributed by atoms with E-state index < -0.39 is 4.92 Å². The average molecular weight is 323 g/mol. The molecular weight excluding hydrogens is 302 g/mol. The summed E-state index contributed by atoms with van der Waals surface area (Å²) in [6, 6.07) is 2.69. The number of hydrogen-bond donors (Lipinski definition) is 1. The molecular formula is C15H21N3O5. The first kappa shape index (κ1) is 17.0. The molecule has 0 unspecified atom stereocenters. The molecule has 1 aromatic carbocycles. The SMILES string of the molecule is CCOc1cc(C(=O)N2CCC(N)CC2)c([N+](=O)[O-])cc1OC. The number of likely N-dealkylation sites (tertiary alicyclic amines) is 1. The molecule has 1 amide bonds.